The van der Waals surface area contributed by atoms with E-state index >= 15 is 0 Å². The Balaban J connectivity index is 1.79. The summed E-state index contributed by atoms with van der Waals surface area (Å²) in [6, 6.07) is 19.8. The van der Waals surface area contributed by atoms with Gasteiger partial charge in [-0.3, -0.25) is 0 Å². The molecule has 0 atom stereocenters. The maximum atomic E-state index is 9.81. The van der Waals surface area contributed by atoms with Crippen LogP contribution in [-0.4, -0.2) is 5.11 Å². The molecule has 0 radical (unpaired) electrons. The van der Waals surface area contributed by atoms with E-state index in [1.807, 2.05) is 48.5 Å². The van der Waals surface area contributed by atoms with Gasteiger partial charge in [-0.2, -0.15) is 0 Å². The third-order valence-corrected chi connectivity index (χ3v) is 6.37. The summed E-state index contributed by atoms with van der Waals surface area (Å²) in [6.07, 6.45) is 0. The Morgan fingerprint density at radius 2 is 1.52 bits per heavy atom. The smallest absolute Gasteiger partial charge is 0.144 e. The summed E-state index contributed by atoms with van der Waals surface area (Å²) in [7, 11) is 0. The molecule has 0 aliphatic carbocycles. The zero-order chi connectivity index (χ0) is 17.8. The zero-order valence-electron chi connectivity index (χ0n) is 13.0. The molecule has 0 aliphatic rings. The van der Waals surface area contributed by atoms with Crippen LogP contribution in [0.25, 0.3) is 0 Å². The maximum absolute atomic E-state index is 9.81. The van der Waals surface area contributed by atoms with Gasteiger partial charge in [0.1, 0.15) is 5.75 Å². The molecule has 0 unspecified atom stereocenters. The first-order valence-corrected chi connectivity index (χ1v) is 10.2. The van der Waals surface area contributed by atoms with Crippen LogP contribution in [0.4, 0.5) is 5.69 Å². The molecule has 0 aromatic heterocycles. The highest BCUT2D eigenvalue weighted by atomic mass is 79.9. The first-order valence-electron chi connectivity index (χ1n) is 7.47. The number of phenolic OH excluding ortho intramolecular Hbond substituents is 1. The predicted octanol–water partition coefficient (Wildman–Crippen LogP) is 7.33. The lowest BCUT2D eigenvalue weighted by molar-refractivity contribution is 0.468. The van der Waals surface area contributed by atoms with Crippen molar-refractivity contribution in [3.05, 3.63) is 80.2 Å². The van der Waals surface area contributed by atoms with Crippen molar-refractivity contribution in [3.8, 4) is 5.75 Å². The lowest BCUT2D eigenvalue weighted by Gasteiger charge is -2.13. The summed E-state index contributed by atoms with van der Waals surface area (Å²) < 4.78 is 1.28. The van der Waals surface area contributed by atoms with E-state index in [1.165, 1.54) is 5.56 Å². The van der Waals surface area contributed by atoms with Crippen LogP contribution in [0.1, 0.15) is 5.56 Å². The summed E-state index contributed by atoms with van der Waals surface area (Å²) in [4.78, 5) is 2.19. The number of halogens is 3. The SMILES string of the molecule is Oc1c(Br)cc(NCc2ccccc2Sc2ccccc2Cl)cc1Br. The van der Waals surface area contributed by atoms with Gasteiger partial charge in [0.25, 0.3) is 0 Å². The second-order valence-corrected chi connectivity index (χ2v) is 8.48. The number of nitrogens with one attached hydrogen (secondary N) is 1. The van der Waals surface area contributed by atoms with Crippen molar-refractivity contribution in [2.75, 3.05) is 5.32 Å². The van der Waals surface area contributed by atoms with Crippen molar-refractivity contribution in [1.29, 1.82) is 0 Å². The molecule has 0 spiro atoms. The lowest BCUT2D eigenvalue weighted by Crippen LogP contribution is -2.01. The van der Waals surface area contributed by atoms with Crippen LogP contribution in [-0.2, 0) is 6.54 Å². The first-order chi connectivity index (χ1) is 12.0. The van der Waals surface area contributed by atoms with Crippen molar-refractivity contribution in [3.63, 3.8) is 0 Å². The van der Waals surface area contributed by atoms with Crippen LogP contribution in [0.5, 0.6) is 5.75 Å². The summed E-state index contributed by atoms with van der Waals surface area (Å²) in [5, 5.41) is 14.0. The monoisotopic (exact) mass is 497 g/mol. The Morgan fingerprint density at radius 1 is 0.920 bits per heavy atom. The van der Waals surface area contributed by atoms with Gasteiger partial charge in [-0.05, 0) is 67.8 Å². The Hall–Kier alpha value is -1.14. The van der Waals surface area contributed by atoms with Gasteiger partial charge in [0, 0.05) is 22.0 Å². The summed E-state index contributed by atoms with van der Waals surface area (Å²) >= 11 is 14.6. The third-order valence-electron chi connectivity index (χ3n) is 3.53. The summed E-state index contributed by atoms with van der Waals surface area (Å²) in [5.41, 5.74) is 2.09. The molecule has 2 nitrogen and oxygen atoms in total. The summed E-state index contributed by atoms with van der Waals surface area (Å²) in [6.45, 7) is 0.664. The molecule has 2 N–H and O–H groups in total. The second kappa shape index (κ2) is 8.49. The van der Waals surface area contributed by atoms with Crippen LogP contribution in [0.15, 0.2) is 79.4 Å². The Bertz CT molecular complexity index is 881. The predicted molar refractivity (Wildman–Crippen MR) is 113 cm³/mol. The van der Waals surface area contributed by atoms with Gasteiger partial charge < -0.3 is 10.4 Å². The van der Waals surface area contributed by atoms with E-state index in [1.54, 1.807) is 11.8 Å². The number of benzene rings is 3. The fourth-order valence-corrected chi connectivity index (χ4v) is 4.67. The van der Waals surface area contributed by atoms with Gasteiger partial charge >= 0.3 is 0 Å². The van der Waals surface area contributed by atoms with E-state index in [0.717, 1.165) is 20.5 Å². The van der Waals surface area contributed by atoms with Crippen LogP contribution in [0, 0.1) is 0 Å². The molecule has 25 heavy (non-hydrogen) atoms. The molecule has 0 saturated heterocycles. The van der Waals surface area contributed by atoms with Crippen LogP contribution >= 0.6 is 55.2 Å². The fourth-order valence-electron chi connectivity index (χ4n) is 2.26. The molecule has 3 aromatic carbocycles. The molecular weight excluding hydrogens is 486 g/mol. The third kappa shape index (κ3) is 4.73. The van der Waals surface area contributed by atoms with Gasteiger partial charge in [-0.25, -0.2) is 0 Å². The van der Waals surface area contributed by atoms with Gasteiger partial charge in [0.15, 0.2) is 0 Å². The average molecular weight is 500 g/mol. The zero-order valence-corrected chi connectivity index (χ0v) is 17.7. The molecular formula is C19H14Br2ClNOS. The van der Waals surface area contributed by atoms with Crippen LogP contribution in [0.2, 0.25) is 5.02 Å². The van der Waals surface area contributed by atoms with Gasteiger partial charge in [-0.1, -0.05) is 53.7 Å². The molecule has 0 amide bonds. The highest BCUT2D eigenvalue weighted by Gasteiger charge is 2.09. The number of rotatable bonds is 5. The number of phenols is 1. The number of hydrogen-bond acceptors (Lipinski definition) is 3. The number of hydrogen-bond donors (Lipinski definition) is 2. The van der Waals surface area contributed by atoms with Gasteiger partial charge in [-0.15, -0.1) is 0 Å². The van der Waals surface area contributed by atoms with Crippen LogP contribution < -0.4 is 5.32 Å². The Kier molecular flexibility index (Phi) is 6.34. The van der Waals surface area contributed by atoms with E-state index in [9.17, 15) is 5.11 Å². The van der Waals surface area contributed by atoms with E-state index in [0.29, 0.717) is 15.5 Å². The minimum absolute atomic E-state index is 0.195. The first kappa shape index (κ1) is 18.6. The van der Waals surface area contributed by atoms with E-state index in [-0.39, 0.29) is 5.75 Å². The Labute approximate surface area is 172 Å². The molecule has 0 aliphatic heterocycles. The second-order valence-electron chi connectivity index (χ2n) is 5.28. The topological polar surface area (TPSA) is 32.3 Å². The maximum Gasteiger partial charge on any atom is 0.144 e. The van der Waals surface area contributed by atoms with Crippen LogP contribution in [0.3, 0.4) is 0 Å². The summed E-state index contributed by atoms with van der Waals surface area (Å²) in [5.74, 6) is 0.195. The van der Waals surface area contributed by atoms with Gasteiger partial charge in [0.2, 0.25) is 0 Å². The average Bonchev–Trinajstić information content (AvgIpc) is 2.60. The van der Waals surface area contributed by atoms with E-state index < -0.39 is 0 Å². The molecule has 128 valence electrons. The standard InChI is InChI=1S/C19H14Br2ClNOS/c20-14-9-13(10-15(21)19(14)24)23-11-12-5-1-3-7-17(12)25-18-8-4-2-6-16(18)22/h1-10,23-24H,11H2. The molecule has 3 rings (SSSR count). The molecule has 0 fully saturated rings. The molecule has 0 heterocycles. The van der Waals surface area contributed by atoms with Crippen molar-refractivity contribution in [1.82, 2.24) is 0 Å². The number of anilines is 1. The fraction of sp³-hybridized carbons (Fsp3) is 0.0526. The van der Waals surface area contributed by atoms with Crippen molar-refractivity contribution < 1.29 is 5.11 Å². The van der Waals surface area contributed by atoms with E-state index in [2.05, 4.69) is 49.3 Å². The normalized spacial score (nSPS) is 10.7. The highest BCUT2D eigenvalue weighted by Crippen LogP contribution is 2.37. The van der Waals surface area contributed by atoms with E-state index in [4.69, 9.17) is 11.6 Å². The largest absolute Gasteiger partial charge is 0.506 e. The lowest BCUT2D eigenvalue weighted by atomic mass is 10.2. The number of aromatic hydroxyl groups is 1. The Morgan fingerprint density at radius 3 is 2.20 bits per heavy atom. The molecule has 3 aromatic rings. The molecule has 0 saturated carbocycles. The van der Waals surface area contributed by atoms with Crippen molar-refractivity contribution in [2.24, 2.45) is 0 Å². The van der Waals surface area contributed by atoms with Gasteiger partial charge in [0.05, 0.1) is 14.0 Å². The quantitative estimate of drug-likeness (QED) is 0.361. The van der Waals surface area contributed by atoms with Crippen molar-refractivity contribution >= 4 is 60.9 Å². The molecule has 6 heteroatoms. The molecule has 0 bridgehead atoms. The van der Waals surface area contributed by atoms with Crippen molar-refractivity contribution in [2.45, 2.75) is 16.3 Å². The highest BCUT2D eigenvalue weighted by molar-refractivity contribution is 9.11. The minimum atomic E-state index is 0.195. The minimum Gasteiger partial charge on any atom is -0.506 e.